The molecule has 1 saturated heterocycles. The van der Waals surface area contributed by atoms with E-state index in [2.05, 4.69) is 29.6 Å². The number of carbonyl (C=O) groups excluding carboxylic acids is 1. The lowest BCUT2D eigenvalue weighted by Crippen LogP contribution is -2.47. The molecule has 1 fully saturated rings. The minimum absolute atomic E-state index is 0.184. The first-order valence-electron chi connectivity index (χ1n) is 7.71. The SMILES string of the molecule is CC(C)(C)OC(=O)N1CCC2(CC1)CNc1ccccc12. The van der Waals surface area contributed by atoms with Crippen LogP contribution in [0.1, 0.15) is 39.2 Å². The van der Waals surface area contributed by atoms with Crippen molar-refractivity contribution in [2.45, 2.75) is 44.6 Å². The molecule has 21 heavy (non-hydrogen) atoms. The highest BCUT2D eigenvalue weighted by atomic mass is 16.6. The average molecular weight is 288 g/mol. The number of carbonyl (C=O) groups is 1. The van der Waals surface area contributed by atoms with E-state index in [0.29, 0.717) is 0 Å². The fourth-order valence-corrected chi connectivity index (χ4v) is 3.35. The molecular formula is C17H24N2O2. The van der Waals surface area contributed by atoms with Gasteiger partial charge < -0.3 is 15.0 Å². The van der Waals surface area contributed by atoms with E-state index in [0.717, 1.165) is 32.5 Å². The Kier molecular flexibility index (Phi) is 3.34. The van der Waals surface area contributed by atoms with Gasteiger partial charge in [0, 0.05) is 30.7 Å². The van der Waals surface area contributed by atoms with E-state index in [9.17, 15) is 4.79 Å². The zero-order chi connectivity index (χ0) is 15.1. The van der Waals surface area contributed by atoms with Crippen LogP contribution in [-0.4, -0.2) is 36.2 Å². The van der Waals surface area contributed by atoms with Crippen molar-refractivity contribution in [2.75, 3.05) is 25.0 Å². The maximum atomic E-state index is 12.2. The number of likely N-dealkylation sites (tertiary alicyclic amines) is 1. The Labute approximate surface area is 126 Å². The van der Waals surface area contributed by atoms with Crippen LogP contribution >= 0.6 is 0 Å². The highest BCUT2D eigenvalue weighted by Gasteiger charge is 2.42. The molecule has 0 aromatic heterocycles. The van der Waals surface area contributed by atoms with Gasteiger partial charge in [-0.05, 0) is 45.2 Å². The van der Waals surface area contributed by atoms with Crippen LogP contribution in [0.4, 0.5) is 10.5 Å². The van der Waals surface area contributed by atoms with Crippen LogP contribution in [-0.2, 0) is 10.2 Å². The number of para-hydroxylation sites is 1. The normalized spacial score (nSPS) is 20.0. The molecule has 1 spiro atoms. The van der Waals surface area contributed by atoms with Gasteiger partial charge in [-0.25, -0.2) is 4.79 Å². The second-order valence-corrected chi connectivity index (χ2v) is 7.15. The standard InChI is InChI=1S/C17H24N2O2/c1-16(2,3)21-15(20)19-10-8-17(9-11-19)12-18-14-7-5-4-6-13(14)17/h4-7,18H,8-12H2,1-3H3. The van der Waals surface area contributed by atoms with Crippen LogP contribution in [0, 0.1) is 0 Å². The Morgan fingerprint density at radius 2 is 1.90 bits per heavy atom. The molecule has 0 saturated carbocycles. The summed E-state index contributed by atoms with van der Waals surface area (Å²) >= 11 is 0. The van der Waals surface area contributed by atoms with Crippen molar-refractivity contribution in [1.82, 2.24) is 4.90 Å². The van der Waals surface area contributed by atoms with E-state index in [-0.39, 0.29) is 11.5 Å². The Bertz CT molecular complexity index is 540. The number of ether oxygens (including phenoxy) is 1. The molecule has 0 unspecified atom stereocenters. The van der Waals surface area contributed by atoms with Crippen LogP contribution in [0.2, 0.25) is 0 Å². The second kappa shape index (κ2) is 4.93. The predicted octanol–water partition coefficient (Wildman–Crippen LogP) is 3.38. The maximum absolute atomic E-state index is 12.2. The van der Waals surface area contributed by atoms with E-state index in [1.165, 1.54) is 11.3 Å². The Balaban J connectivity index is 1.68. The van der Waals surface area contributed by atoms with Crippen LogP contribution < -0.4 is 5.32 Å². The molecule has 1 N–H and O–H groups in total. The number of benzene rings is 1. The lowest BCUT2D eigenvalue weighted by molar-refractivity contribution is 0.0172. The third kappa shape index (κ3) is 2.71. The van der Waals surface area contributed by atoms with Crippen molar-refractivity contribution in [3.05, 3.63) is 29.8 Å². The second-order valence-electron chi connectivity index (χ2n) is 7.15. The third-order valence-corrected chi connectivity index (χ3v) is 4.49. The summed E-state index contributed by atoms with van der Waals surface area (Å²) in [4.78, 5) is 14.0. The monoisotopic (exact) mass is 288 g/mol. The highest BCUT2D eigenvalue weighted by Crippen LogP contribution is 2.43. The molecule has 1 amide bonds. The Hall–Kier alpha value is -1.71. The number of fused-ring (bicyclic) bond motifs is 2. The van der Waals surface area contributed by atoms with Gasteiger partial charge in [-0.15, -0.1) is 0 Å². The largest absolute Gasteiger partial charge is 0.444 e. The number of rotatable bonds is 0. The third-order valence-electron chi connectivity index (χ3n) is 4.49. The van der Waals surface area contributed by atoms with E-state index < -0.39 is 5.60 Å². The van der Waals surface area contributed by atoms with Crippen LogP contribution in [0.5, 0.6) is 0 Å². The van der Waals surface area contributed by atoms with Crippen LogP contribution in [0.15, 0.2) is 24.3 Å². The summed E-state index contributed by atoms with van der Waals surface area (Å²) < 4.78 is 5.47. The summed E-state index contributed by atoms with van der Waals surface area (Å²) in [7, 11) is 0. The molecule has 0 bridgehead atoms. The molecular weight excluding hydrogens is 264 g/mol. The number of hydrogen-bond acceptors (Lipinski definition) is 3. The number of amides is 1. The molecule has 0 radical (unpaired) electrons. The molecule has 1 aromatic rings. The van der Waals surface area contributed by atoms with Gasteiger partial charge in [-0.1, -0.05) is 18.2 Å². The van der Waals surface area contributed by atoms with E-state index in [1.807, 2.05) is 25.7 Å². The Morgan fingerprint density at radius 3 is 2.57 bits per heavy atom. The van der Waals surface area contributed by atoms with Crippen molar-refractivity contribution in [2.24, 2.45) is 0 Å². The van der Waals surface area contributed by atoms with E-state index in [4.69, 9.17) is 4.74 Å². The number of nitrogens with one attached hydrogen (secondary N) is 1. The average Bonchev–Trinajstić information content (AvgIpc) is 2.77. The minimum atomic E-state index is -0.423. The smallest absolute Gasteiger partial charge is 0.410 e. The predicted molar refractivity (Wildman–Crippen MR) is 83.7 cm³/mol. The zero-order valence-corrected chi connectivity index (χ0v) is 13.1. The summed E-state index contributed by atoms with van der Waals surface area (Å²) in [5.41, 5.74) is 2.43. The molecule has 2 aliphatic rings. The summed E-state index contributed by atoms with van der Waals surface area (Å²) in [5.74, 6) is 0. The van der Waals surface area contributed by atoms with Crippen LogP contribution in [0.25, 0.3) is 0 Å². The first-order valence-corrected chi connectivity index (χ1v) is 7.71. The van der Waals surface area contributed by atoms with Gasteiger partial charge in [0.1, 0.15) is 5.60 Å². The van der Waals surface area contributed by atoms with Gasteiger partial charge in [0.05, 0.1) is 0 Å². The van der Waals surface area contributed by atoms with Gasteiger partial charge in [0.15, 0.2) is 0 Å². The van der Waals surface area contributed by atoms with Gasteiger partial charge >= 0.3 is 6.09 Å². The molecule has 0 aliphatic carbocycles. The summed E-state index contributed by atoms with van der Waals surface area (Å²) in [6, 6.07) is 8.54. The highest BCUT2D eigenvalue weighted by molar-refractivity contribution is 5.69. The molecule has 3 rings (SSSR count). The molecule has 2 heterocycles. The fraction of sp³-hybridized carbons (Fsp3) is 0.588. The first kappa shape index (κ1) is 14.2. The Morgan fingerprint density at radius 1 is 1.24 bits per heavy atom. The van der Waals surface area contributed by atoms with E-state index >= 15 is 0 Å². The van der Waals surface area contributed by atoms with E-state index in [1.54, 1.807) is 0 Å². The summed E-state index contributed by atoms with van der Waals surface area (Å²) in [6.07, 6.45) is 1.81. The molecule has 114 valence electrons. The molecule has 4 nitrogen and oxygen atoms in total. The van der Waals surface area contributed by atoms with Crippen molar-refractivity contribution in [3.8, 4) is 0 Å². The van der Waals surface area contributed by atoms with Gasteiger partial charge in [0.25, 0.3) is 0 Å². The molecule has 1 aromatic carbocycles. The fourth-order valence-electron chi connectivity index (χ4n) is 3.35. The number of anilines is 1. The number of hydrogen-bond donors (Lipinski definition) is 1. The summed E-state index contributed by atoms with van der Waals surface area (Å²) in [6.45, 7) is 8.25. The molecule has 4 heteroatoms. The molecule has 0 atom stereocenters. The lowest BCUT2D eigenvalue weighted by atomic mass is 9.74. The number of nitrogens with zero attached hydrogens (tertiary/aromatic N) is 1. The minimum Gasteiger partial charge on any atom is -0.444 e. The van der Waals surface area contributed by atoms with Gasteiger partial charge in [-0.2, -0.15) is 0 Å². The maximum Gasteiger partial charge on any atom is 0.410 e. The zero-order valence-electron chi connectivity index (χ0n) is 13.1. The molecule has 2 aliphatic heterocycles. The first-order chi connectivity index (χ1) is 9.90. The summed E-state index contributed by atoms with van der Waals surface area (Å²) in [5, 5.41) is 3.51. The lowest BCUT2D eigenvalue weighted by Gasteiger charge is -2.39. The van der Waals surface area contributed by atoms with Crippen molar-refractivity contribution in [1.29, 1.82) is 0 Å². The quantitative estimate of drug-likeness (QED) is 0.795. The van der Waals surface area contributed by atoms with Crippen molar-refractivity contribution >= 4 is 11.8 Å². The van der Waals surface area contributed by atoms with Gasteiger partial charge in [-0.3, -0.25) is 0 Å². The van der Waals surface area contributed by atoms with Crippen LogP contribution in [0.3, 0.4) is 0 Å². The van der Waals surface area contributed by atoms with Crippen molar-refractivity contribution in [3.63, 3.8) is 0 Å². The number of piperidine rings is 1. The topological polar surface area (TPSA) is 41.6 Å². The van der Waals surface area contributed by atoms with Gasteiger partial charge in [0.2, 0.25) is 0 Å². The van der Waals surface area contributed by atoms with Crippen molar-refractivity contribution < 1.29 is 9.53 Å².